The van der Waals surface area contributed by atoms with Gasteiger partial charge >= 0.3 is 0 Å². The van der Waals surface area contributed by atoms with E-state index in [2.05, 4.69) is 17.2 Å². The summed E-state index contributed by atoms with van der Waals surface area (Å²) in [6.45, 7) is 2.93. The number of nitrogens with one attached hydrogen (secondary N) is 1. The van der Waals surface area contributed by atoms with Crippen molar-refractivity contribution in [3.8, 4) is 0 Å². The molecule has 1 heterocycles. The van der Waals surface area contributed by atoms with E-state index in [4.69, 9.17) is 11.6 Å². The van der Waals surface area contributed by atoms with Crippen LogP contribution in [-0.4, -0.2) is 11.5 Å². The topological polar surface area (TPSA) is 24.9 Å². The summed E-state index contributed by atoms with van der Waals surface area (Å²) in [6, 6.07) is 4.77. The molecule has 19 heavy (non-hydrogen) atoms. The van der Waals surface area contributed by atoms with Crippen molar-refractivity contribution >= 4 is 22.9 Å². The number of aromatic nitrogens is 1. The number of thiazole rings is 1. The molecule has 0 aliphatic heterocycles. The van der Waals surface area contributed by atoms with Crippen LogP contribution in [0.25, 0.3) is 0 Å². The normalized spacial score (nSPS) is 12.6. The second-order valence-corrected chi connectivity index (χ2v) is 5.72. The van der Waals surface area contributed by atoms with Crippen LogP contribution in [0.2, 0.25) is 5.02 Å². The number of hydrogen-bond acceptors (Lipinski definition) is 3. The highest BCUT2D eigenvalue weighted by Crippen LogP contribution is 2.24. The average Bonchev–Trinajstić information content (AvgIpc) is 2.88. The van der Waals surface area contributed by atoms with Crippen LogP contribution in [0.4, 0.5) is 4.39 Å². The molecule has 0 fully saturated rings. The molecule has 2 aromatic rings. The molecule has 1 aromatic carbocycles. The molecule has 0 saturated carbocycles. The Morgan fingerprint density at radius 1 is 1.47 bits per heavy atom. The van der Waals surface area contributed by atoms with Crippen LogP contribution in [-0.2, 0) is 6.42 Å². The number of benzene rings is 1. The fraction of sp³-hybridized carbons (Fsp3) is 0.357. The van der Waals surface area contributed by atoms with Gasteiger partial charge in [-0.15, -0.1) is 11.3 Å². The third kappa shape index (κ3) is 4.00. The van der Waals surface area contributed by atoms with Crippen LogP contribution in [0, 0.1) is 5.82 Å². The van der Waals surface area contributed by atoms with E-state index in [9.17, 15) is 4.39 Å². The lowest BCUT2D eigenvalue weighted by Gasteiger charge is -2.18. The van der Waals surface area contributed by atoms with Gasteiger partial charge in [0.25, 0.3) is 0 Å². The maximum absolute atomic E-state index is 14.0. The van der Waals surface area contributed by atoms with Gasteiger partial charge in [0, 0.05) is 34.6 Å². The second kappa shape index (κ2) is 6.98. The molecule has 1 unspecified atom stereocenters. The van der Waals surface area contributed by atoms with Gasteiger partial charge in [0.2, 0.25) is 0 Å². The Labute approximate surface area is 121 Å². The smallest absolute Gasteiger partial charge is 0.129 e. The predicted octanol–water partition coefficient (Wildman–Crippen LogP) is 4.22. The van der Waals surface area contributed by atoms with Crippen LogP contribution in [0.1, 0.15) is 30.0 Å². The van der Waals surface area contributed by atoms with Gasteiger partial charge in [0.15, 0.2) is 0 Å². The highest BCUT2D eigenvalue weighted by Gasteiger charge is 2.17. The molecule has 1 N–H and O–H groups in total. The van der Waals surface area contributed by atoms with E-state index < -0.39 is 0 Å². The standard InChI is InChI=1S/C14H16ClFN2S/c1-2-5-17-13(9-14-18-6-7-19-14)11-4-3-10(15)8-12(11)16/h3-4,6-8,13,17H,2,5,9H2,1H3. The van der Waals surface area contributed by atoms with Crippen LogP contribution in [0.5, 0.6) is 0 Å². The lowest BCUT2D eigenvalue weighted by molar-refractivity contribution is 0.496. The molecule has 0 saturated heterocycles. The highest BCUT2D eigenvalue weighted by atomic mass is 35.5. The Balaban J connectivity index is 2.20. The summed E-state index contributed by atoms with van der Waals surface area (Å²) in [4.78, 5) is 4.27. The number of nitrogens with zero attached hydrogens (tertiary/aromatic N) is 1. The van der Waals surface area contributed by atoms with E-state index in [1.165, 1.54) is 6.07 Å². The fourth-order valence-electron chi connectivity index (χ4n) is 1.92. The Kier molecular flexibility index (Phi) is 5.31. The maximum Gasteiger partial charge on any atom is 0.129 e. The van der Waals surface area contributed by atoms with Crippen LogP contribution in [0.15, 0.2) is 29.8 Å². The molecule has 0 aliphatic carbocycles. The van der Waals surface area contributed by atoms with E-state index in [0.717, 1.165) is 18.0 Å². The zero-order valence-electron chi connectivity index (χ0n) is 10.7. The van der Waals surface area contributed by atoms with E-state index in [0.29, 0.717) is 17.0 Å². The van der Waals surface area contributed by atoms with Gasteiger partial charge in [0.05, 0.1) is 5.01 Å². The van der Waals surface area contributed by atoms with Gasteiger partial charge in [-0.1, -0.05) is 24.6 Å². The van der Waals surface area contributed by atoms with Crippen molar-refractivity contribution in [2.75, 3.05) is 6.54 Å². The first-order chi connectivity index (χ1) is 9.20. The first-order valence-corrected chi connectivity index (χ1v) is 7.53. The van der Waals surface area contributed by atoms with Gasteiger partial charge in [-0.2, -0.15) is 0 Å². The summed E-state index contributed by atoms with van der Waals surface area (Å²) in [5.41, 5.74) is 0.646. The predicted molar refractivity (Wildman–Crippen MR) is 78.3 cm³/mol. The quantitative estimate of drug-likeness (QED) is 0.864. The van der Waals surface area contributed by atoms with E-state index in [1.807, 2.05) is 5.38 Å². The van der Waals surface area contributed by atoms with E-state index in [1.54, 1.807) is 29.7 Å². The summed E-state index contributed by atoms with van der Waals surface area (Å²) < 4.78 is 14.0. The van der Waals surface area contributed by atoms with Crippen LogP contribution < -0.4 is 5.32 Å². The first-order valence-electron chi connectivity index (χ1n) is 6.27. The van der Waals surface area contributed by atoms with Gasteiger partial charge in [0.1, 0.15) is 5.82 Å². The molecule has 1 atom stereocenters. The summed E-state index contributed by atoms with van der Waals surface area (Å²) in [5.74, 6) is -0.266. The van der Waals surface area contributed by atoms with Gasteiger partial charge in [-0.25, -0.2) is 9.37 Å². The Morgan fingerprint density at radius 2 is 2.32 bits per heavy atom. The fourth-order valence-corrected chi connectivity index (χ4v) is 2.75. The van der Waals surface area contributed by atoms with Crippen molar-refractivity contribution in [3.63, 3.8) is 0 Å². The van der Waals surface area contributed by atoms with Crippen molar-refractivity contribution in [1.82, 2.24) is 10.3 Å². The van der Waals surface area contributed by atoms with Crippen molar-refractivity contribution < 1.29 is 4.39 Å². The molecule has 2 rings (SSSR count). The highest BCUT2D eigenvalue weighted by molar-refractivity contribution is 7.09. The number of rotatable bonds is 6. The van der Waals surface area contributed by atoms with Gasteiger partial charge in [-0.3, -0.25) is 0 Å². The summed E-state index contributed by atoms with van der Waals surface area (Å²) in [7, 11) is 0. The molecule has 0 spiro atoms. The summed E-state index contributed by atoms with van der Waals surface area (Å²) >= 11 is 7.39. The molecule has 2 nitrogen and oxygen atoms in total. The average molecular weight is 299 g/mol. The molecular weight excluding hydrogens is 283 g/mol. The Morgan fingerprint density at radius 3 is 2.95 bits per heavy atom. The monoisotopic (exact) mass is 298 g/mol. The minimum absolute atomic E-state index is 0.0663. The van der Waals surface area contributed by atoms with E-state index >= 15 is 0 Å². The molecule has 0 radical (unpaired) electrons. The number of hydrogen-bond donors (Lipinski definition) is 1. The zero-order valence-corrected chi connectivity index (χ0v) is 12.3. The van der Waals surface area contributed by atoms with E-state index in [-0.39, 0.29) is 11.9 Å². The van der Waals surface area contributed by atoms with Crippen molar-refractivity contribution in [2.24, 2.45) is 0 Å². The lowest BCUT2D eigenvalue weighted by Crippen LogP contribution is -2.25. The summed E-state index contributed by atoms with van der Waals surface area (Å²) in [6.07, 6.45) is 3.47. The van der Waals surface area contributed by atoms with Gasteiger partial charge < -0.3 is 5.32 Å². The van der Waals surface area contributed by atoms with Gasteiger partial charge in [-0.05, 0) is 25.1 Å². The molecule has 0 aliphatic rings. The largest absolute Gasteiger partial charge is 0.309 e. The lowest BCUT2D eigenvalue weighted by atomic mass is 10.0. The second-order valence-electron chi connectivity index (χ2n) is 4.30. The molecule has 0 bridgehead atoms. The van der Waals surface area contributed by atoms with Crippen molar-refractivity contribution in [1.29, 1.82) is 0 Å². The minimum atomic E-state index is -0.266. The van der Waals surface area contributed by atoms with Crippen LogP contribution >= 0.6 is 22.9 Å². The van der Waals surface area contributed by atoms with Crippen LogP contribution in [0.3, 0.4) is 0 Å². The van der Waals surface area contributed by atoms with Crippen molar-refractivity contribution in [2.45, 2.75) is 25.8 Å². The summed E-state index contributed by atoms with van der Waals surface area (Å²) in [5, 5.41) is 6.73. The molecule has 1 aromatic heterocycles. The molecule has 5 heteroatoms. The zero-order chi connectivity index (χ0) is 13.7. The molecule has 0 amide bonds. The maximum atomic E-state index is 14.0. The first kappa shape index (κ1) is 14.4. The number of halogens is 2. The SMILES string of the molecule is CCCNC(Cc1nccs1)c1ccc(Cl)cc1F. The molecular formula is C14H16ClFN2S. The Hall–Kier alpha value is -0.970. The third-order valence-electron chi connectivity index (χ3n) is 2.84. The third-order valence-corrected chi connectivity index (χ3v) is 3.88. The minimum Gasteiger partial charge on any atom is -0.309 e. The molecule has 102 valence electrons. The Bertz CT molecular complexity index is 516. The van der Waals surface area contributed by atoms with Crippen molar-refractivity contribution in [3.05, 3.63) is 51.2 Å².